The summed E-state index contributed by atoms with van der Waals surface area (Å²) < 4.78 is 0. The molecule has 2 aromatic rings. The monoisotopic (exact) mass is 276 g/mol. The fourth-order valence-electron chi connectivity index (χ4n) is 2.19. The zero-order valence-electron chi connectivity index (χ0n) is 11.7. The number of carbonyl (C=O) groups is 1. The maximum absolute atomic E-state index is 11.6. The van der Waals surface area contributed by atoms with Crippen molar-refractivity contribution in [3.05, 3.63) is 24.0 Å². The summed E-state index contributed by atoms with van der Waals surface area (Å²) in [5.74, 6) is -0.271. The number of nitrogens with two attached hydrogens (primary N) is 1. The molecule has 0 spiro atoms. The van der Waals surface area contributed by atoms with Crippen LogP contribution in [0.2, 0.25) is 0 Å². The number of hydrogen-bond acceptors (Lipinski definition) is 4. The van der Waals surface area contributed by atoms with E-state index in [1.165, 1.54) is 6.20 Å². The first kappa shape index (κ1) is 14.3. The summed E-state index contributed by atoms with van der Waals surface area (Å²) in [6.45, 7) is 4.09. The van der Waals surface area contributed by atoms with Crippen molar-refractivity contribution in [2.24, 2.45) is 11.7 Å². The number of amides is 1. The van der Waals surface area contributed by atoms with Crippen molar-refractivity contribution in [2.75, 3.05) is 11.9 Å². The smallest absolute Gasteiger partial charge is 0.252 e. The zero-order valence-corrected chi connectivity index (χ0v) is 11.7. The number of carbonyl (C=O) groups excluding carboxylic acids is 1. The van der Waals surface area contributed by atoms with Gasteiger partial charge in [0.25, 0.3) is 5.91 Å². The Morgan fingerprint density at radius 3 is 2.95 bits per heavy atom. The van der Waals surface area contributed by atoms with Gasteiger partial charge in [-0.3, -0.25) is 4.79 Å². The van der Waals surface area contributed by atoms with E-state index in [0.717, 1.165) is 11.8 Å². The fraction of sp³-hybridized carbons (Fsp3) is 0.429. The van der Waals surface area contributed by atoms with E-state index in [4.69, 9.17) is 5.73 Å². The van der Waals surface area contributed by atoms with Gasteiger partial charge < -0.3 is 21.1 Å². The average molecular weight is 276 g/mol. The number of nitrogens with zero attached hydrogens (tertiary/aromatic N) is 1. The fourth-order valence-corrected chi connectivity index (χ4v) is 2.19. The second-order valence-electron chi connectivity index (χ2n) is 4.97. The van der Waals surface area contributed by atoms with Crippen LogP contribution in [0.3, 0.4) is 0 Å². The molecule has 1 amide bonds. The predicted molar refractivity (Wildman–Crippen MR) is 78.6 cm³/mol. The van der Waals surface area contributed by atoms with Gasteiger partial charge in [-0.05, 0) is 12.0 Å². The Balaban J connectivity index is 2.47. The number of anilines is 1. The van der Waals surface area contributed by atoms with E-state index < -0.39 is 5.91 Å². The Morgan fingerprint density at radius 2 is 2.35 bits per heavy atom. The molecule has 2 heterocycles. The number of rotatable bonds is 6. The number of aliphatic hydroxyl groups is 1. The molecule has 2 rings (SSSR count). The lowest BCUT2D eigenvalue weighted by Crippen LogP contribution is -2.32. The summed E-state index contributed by atoms with van der Waals surface area (Å²) in [6.07, 6.45) is 4.13. The summed E-state index contributed by atoms with van der Waals surface area (Å²) in [5.41, 5.74) is 7.05. The standard InChI is InChI=1S/C14H20N4O2/c1-3-8(2)11(7-19)18-12-9-4-5-16-14(9)17-6-10(12)13(15)20/h4-6,8,11,19H,3,7H2,1-2H3,(H2,15,20)(H2,16,17,18)/t8-,11+/m0/s1. The first-order chi connectivity index (χ1) is 9.58. The van der Waals surface area contributed by atoms with Crippen LogP contribution in [-0.4, -0.2) is 33.6 Å². The van der Waals surface area contributed by atoms with Crippen molar-refractivity contribution in [3.63, 3.8) is 0 Å². The number of aromatic amines is 1. The molecule has 0 aromatic carbocycles. The molecule has 0 radical (unpaired) electrons. The molecule has 0 unspecified atom stereocenters. The van der Waals surface area contributed by atoms with Crippen LogP contribution in [0.15, 0.2) is 18.5 Å². The number of nitrogens with one attached hydrogen (secondary N) is 2. The number of primary amides is 1. The number of aromatic nitrogens is 2. The molecule has 2 atom stereocenters. The Morgan fingerprint density at radius 1 is 1.60 bits per heavy atom. The topological polar surface area (TPSA) is 104 Å². The second kappa shape index (κ2) is 5.92. The first-order valence-electron chi connectivity index (χ1n) is 6.71. The van der Waals surface area contributed by atoms with Crippen LogP contribution in [-0.2, 0) is 0 Å². The van der Waals surface area contributed by atoms with Crippen LogP contribution in [0.5, 0.6) is 0 Å². The number of pyridine rings is 1. The summed E-state index contributed by atoms with van der Waals surface area (Å²) in [7, 11) is 0. The first-order valence-corrected chi connectivity index (χ1v) is 6.71. The lowest BCUT2D eigenvalue weighted by molar-refractivity contribution is 0.100. The summed E-state index contributed by atoms with van der Waals surface area (Å²) in [4.78, 5) is 18.7. The number of fused-ring (bicyclic) bond motifs is 1. The predicted octanol–water partition coefficient (Wildman–Crippen LogP) is 1.48. The van der Waals surface area contributed by atoms with Gasteiger partial charge in [0.1, 0.15) is 5.65 Å². The molecule has 2 aromatic heterocycles. The third-order valence-corrected chi connectivity index (χ3v) is 3.71. The van der Waals surface area contributed by atoms with Crippen molar-refractivity contribution in [1.29, 1.82) is 0 Å². The van der Waals surface area contributed by atoms with E-state index >= 15 is 0 Å². The molecular weight excluding hydrogens is 256 g/mol. The molecule has 0 bridgehead atoms. The minimum atomic E-state index is -0.538. The third kappa shape index (κ3) is 2.60. The molecule has 0 aliphatic carbocycles. The Kier molecular flexibility index (Phi) is 4.24. The highest BCUT2D eigenvalue weighted by Crippen LogP contribution is 2.27. The van der Waals surface area contributed by atoms with Gasteiger partial charge in [0.05, 0.1) is 23.9 Å². The molecular formula is C14H20N4O2. The van der Waals surface area contributed by atoms with Gasteiger partial charge in [0.15, 0.2) is 0 Å². The van der Waals surface area contributed by atoms with Gasteiger partial charge in [0, 0.05) is 17.8 Å². The van der Waals surface area contributed by atoms with E-state index in [1.54, 1.807) is 6.20 Å². The van der Waals surface area contributed by atoms with Gasteiger partial charge >= 0.3 is 0 Å². The third-order valence-electron chi connectivity index (χ3n) is 3.71. The van der Waals surface area contributed by atoms with Gasteiger partial charge in [-0.1, -0.05) is 20.3 Å². The highest BCUT2D eigenvalue weighted by atomic mass is 16.3. The minimum absolute atomic E-state index is 0.0125. The van der Waals surface area contributed by atoms with E-state index in [2.05, 4.69) is 22.2 Å². The lowest BCUT2D eigenvalue weighted by Gasteiger charge is -2.24. The Bertz CT molecular complexity index is 608. The molecule has 0 aliphatic rings. The summed E-state index contributed by atoms with van der Waals surface area (Å²) in [6, 6.07) is 1.70. The largest absolute Gasteiger partial charge is 0.394 e. The van der Waals surface area contributed by atoms with Crippen LogP contribution < -0.4 is 11.1 Å². The molecule has 5 N–H and O–H groups in total. The molecule has 0 aliphatic heterocycles. The minimum Gasteiger partial charge on any atom is -0.394 e. The van der Waals surface area contributed by atoms with Crippen molar-refractivity contribution in [2.45, 2.75) is 26.3 Å². The highest BCUT2D eigenvalue weighted by molar-refractivity contribution is 6.05. The van der Waals surface area contributed by atoms with Crippen LogP contribution in [0.1, 0.15) is 30.6 Å². The van der Waals surface area contributed by atoms with Crippen LogP contribution in [0.4, 0.5) is 5.69 Å². The van der Waals surface area contributed by atoms with E-state index in [-0.39, 0.29) is 18.6 Å². The molecule has 108 valence electrons. The van der Waals surface area contributed by atoms with Gasteiger partial charge in [0.2, 0.25) is 0 Å². The number of aliphatic hydroxyl groups excluding tert-OH is 1. The summed E-state index contributed by atoms with van der Waals surface area (Å²) >= 11 is 0. The van der Waals surface area contributed by atoms with Crippen molar-refractivity contribution in [1.82, 2.24) is 9.97 Å². The molecule has 0 saturated carbocycles. The molecule has 0 saturated heterocycles. The van der Waals surface area contributed by atoms with Gasteiger partial charge in [-0.15, -0.1) is 0 Å². The van der Waals surface area contributed by atoms with E-state index in [1.807, 2.05) is 13.0 Å². The van der Waals surface area contributed by atoms with Crippen LogP contribution >= 0.6 is 0 Å². The SMILES string of the molecule is CC[C@H](C)[C@@H](CO)Nc1c(C(N)=O)cnc2[nH]ccc12. The zero-order chi connectivity index (χ0) is 14.7. The quantitative estimate of drug-likeness (QED) is 0.641. The second-order valence-corrected chi connectivity index (χ2v) is 4.97. The van der Waals surface area contributed by atoms with Gasteiger partial charge in [-0.25, -0.2) is 4.98 Å². The molecule has 6 heteroatoms. The molecule has 6 nitrogen and oxygen atoms in total. The summed E-state index contributed by atoms with van der Waals surface area (Å²) in [5, 5.41) is 13.6. The van der Waals surface area contributed by atoms with Gasteiger partial charge in [-0.2, -0.15) is 0 Å². The average Bonchev–Trinajstić information content (AvgIpc) is 2.92. The van der Waals surface area contributed by atoms with E-state index in [9.17, 15) is 9.90 Å². The van der Waals surface area contributed by atoms with Crippen molar-refractivity contribution >= 4 is 22.6 Å². The number of hydrogen-bond donors (Lipinski definition) is 4. The molecule has 0 fully saturated rings. The maximum Gasteiger partial charge on any atom is 0.252 e. The van der Waals surface area contributed by atoms with Crippen LogP contribution in [0, 0.1) is 5.92 Å². The van der Waals surface area contributed by atoms with Crippen molar-refractivity contribution < 1.29 is 9.90 Å². The van der Waals surface area contributed by atoms with Crippen molar-refractivity contribution in [3.8, 4) is 0 Å². The Labute approximate surface area is 117 Å². The lowest BCUT2D eigenvalue weighted by atomic mass is 9.99. The number of H-pyrrole nitrogens is 1. The normalized spacial score (nSPS) is 14.2. The van der Waals surface area contributed by atoms with E-state index in [0.29, 0.717) is 16.9 Å². The van der Waals surface area contributed by atoms with Crippen LogP contribution in [0.25, 0.3) is 11.0 Å². The maximum atomic E-state index is 11.6. The molecule has 20 heavy (non-hydrogen) atoms. The highest BCUT2D eigenvalue weighted by Gasteiger charge is 2.20. The Hall–Kier alpha value is -2.08.